The molecular weight excluding hydrogens is 164 g/mol. The van der Waals surface area contributed by atoms with Gasteiger partial charge in [0.25, 0.3) is 0 Å². The molecule has 0 N–H and O–H groups in total. The van der Waals surface area contributed by atoms with Crippen molar-refractivity contribution in [3.63, 3.8) is 0 Å². The van der Waals surface area contributed by atoms with E-state index in [1.807, 2.05) is 19.1 Å². The van der Waals surface area contributed by atoms with E-state index in [1.54, 1.807) is 6.20 Å². The fourth-order valence-electron chi connectivity index (χ4n) is 0.974. The minimum atomic E-state index is 0.305. The molecule has 13 heavy (non-hydrogen) atoms. The van der Waals surface area contributed by atoms with E-state index in [0.717, 1.165) is 17.9 Å². The van der Waals surface area contributed by atoms with E-state index < -0.39 is 0 Å². The first-order chi connectivity index (χ1) is 6.38. The summed E-state index contributed by atoms with van der Waals surface area (Å²) in [7, 11) is 0. The number of hydrogen-bond donors (Lipinski definition) is 0. The van der Waals surface area contributed by atoms with Crippen molar-refractivity contribution in [2.75, 3.05) is 6.61 Å². The predicted octanol–water partition coefficient (Wildman–Crippen LogP) is 1.94. The van der Waals surface area contributed by atoms with Crippen LogP contribution in [0, 0.1) is 11.3 Å². The molecule has 1 heterocycles. The zero-order chi connectivity index (χ0) is 9.52. The number of ether oxygens (including phenoxy) is 1. The molecular formula is C10H12N2O. The van der Waals surface area contributed by atoms with Gasteiger partial charge in [0.2, 0.25) is 0 Å². The summed E-state index contributed by atoms with van der Waals surface area (Å²) in [6, 6.07) is 5.71. The highest BCUT2D eigenvalue weighted by Gasteiger charge is 2.02. The van der Waals surface area contributed by atoms with Crippen LogP contribution in [0.4, 0.5) is 0 Å². The first-order valence-corrected chi connectivity index (χ1v) is 4.32. The quantitative estimate of drug-likeness (QED) is 0.704. The van der Waals surface area contributed by atoms with Crippen LogP contribution in [0.2, 0.25) is 0 Å². The number of nitrogens with zero attached hydrogens (tertiary/aromatic N) is 2. The molecule has 0 aliphatic heterocycles. The molecule has 0 unspecified atom stereocenters. The normalized spacial score (nSPS) is 9.23. The van der Waals surface area contributed by atoms with Gasteiger partial charge in [0.05, 0.1) is 24.8 Å². The minimum absolute atomic E-state index is 0.305. The average Bonchev–Trinajstić information content (AvgIpc) is 2.17. The summed E-state index contributed by atoms with van der Waals surface area (Å²) in [6.45, 7) is 2.71. The molecule has 0 aliphatic rings. The van der Waals surface area contributed by atoms with Crippen molar-refractivity contribution in [3.8, 4) is 11.8 Å². The lowest BCUT2D eigenvalue weighted by Gasteiger charge is -2.06. The molecule has 0 saturated heterocycles. The summed E-state index contributed by atoms with van der Waals surface area (Å²) in [5, 5.41) is 8.52. The largest absolute Gasteiger partial charge is 0.492 e. The molecule has 0 spiro atoms. The topological polar surface area (TPSA) is 45.9 Å². The molecule has 0 amide bonds. The van der Waals surface area contributed by atoms with Crippen LogP contribution in [0.15, 0.2) is 18.3 Å². The highest BCUT2D eigenvalue weighted by molar-refractivity contribution is 5.28. The Hall–Kier alpha value is -1.56. The average molecular weight is 176 g/mol. The number of aromatic nitrogens is 1. The molecule has 3 heteroatoms. The lowest BCUT2D eigenvalue weighted by molar-refractivity contribution is 0.313. The van der Waals surface area contributed by atoms with Crippen molar-refractivity contribution in [3.05, 3.63) is 24.0 Å². The van der Waals surface area contributed by atoms with E-state index in [1.165, 1.54) is 0 Å². The SMILES string of the molecule is CCCOc1cccnc1CC#N. The summed E-state index contributed by atoms with van der Waals surface area (Å²) >= 11 is 0. The summed E-state index contributed by atoms with van der Waals surface area (Å²) in [5.41, 5.74) is 0.721. The molecule has 0 fully saturated rings. The lowest BCUT2D eigenvalue weighted by Crippen LogP contribution is -1.99. The maximum atomic E-state index is 8.52. The highest BCUT2D eigenvalue weighted by Crippen LogP contribution is 2.15. The van der Waals surface area contributed by atoms with Gasteiger partial charge in [-0.25, -0.2) is 0 Å². The third-order valence-electron chi connectivity index (χ3n) is 1.56. The lowest BCUT2D eigenvalue weighted by atomic mass is 10.2. The van der Waals surface area contributed by atoms with E-state index in [9.17, 15) is 0 Å². The molecule has 0 aromatic carbocycles. The first-order valence-electron chi connectivity index (χ1n) is 4.32. The van der Waals surface area contributed by atoms with Gasteiger partial charge in [-0.05, 0) is 18.6 Å². The molecule has 3 nitrogen and oxygen atoms in total. The Bertz CT molecular complexity index is 304. The number of hydrogen-bond acceptors (Lipinski definition) is 3. The molecule has 0 aliphatic carbocycles. The summed E-state index contributed by atoms with van der Waals surface area (Å²) < 4.78 is 5.43. The number of rotatable bonds is 4. The predicted molar refractivity (Wildman–Crippen MR) is 49.3 cm³/mol. The Balaban J connectivity index is 2.73. The van der Waals surface area contributed by atoms with Crippen LogP contribution in [0.3, 0.4) is 0 Å². The third-order valence-corrected chi connectivity index (χ3v) is 1.56. The number of pyridine rings is 1. The maximum Gasteiger partial charge on any atom is 0.141 e. The van der Waals surface area contributed by atoms with Crippen molar-refractivity contribution in [1.82, 2.24) is 4.98 Å². The van der Waals surface area contributed by atoms with Crippen LogP contribution >= 0.6 is 0 Å². The van der Waals surface area contributed by atoms with E-state index in [0.29, 0.717) is 13.0 Å². The Labute approximate surface area is 78.0 Å². The van der Waals surface area contributed by atoms with Crippen LogP contribution < -0.4 is 4.74 Å². The summed E-state index contributed by atoms with van der Waals surface area (Å²) in [5.74, 6) is 0.728. The smallest absolute Gasteiger partial charge is 0.141 e. The molecule has 68 valence electrons. The van der Waals surface area contributed by atoms with E-state index >= 15 is 0 Å². The van der Waals surface area contributed by atoms with Crippen molar-refractivity contribution in [2.24, 2.45) is 0 Å². The van der Waals surface area contributed by atoms with Crippen LogP contribution in [0.25, 0.3) is 0 Å². The Morgan fingerprint density at radius 1 is 1.62 bits per heavy atom. The van der Waals surface area contributed by atoms with Gasteiger partial charge < -0.3 is 4.74 Å². The molecule has 1 rings (SSSR count). The van der Waals surface area contributed by atoms with Crippen LogP contribution in [0.5, 0.6) is 5.75 Å². The monoisotopic (exact) mass is 176 g/mol. The summed E-state index contributed by atoms with van der Waals surface area (Å²) in [6.07, 6.45) is 2.94. The molecule has 1 aromatic rings. The second-order valence-electron chi connectivity index (χ2n) is 2.63. The second-order valence-corrected chi connectivity index (χ2v) is 2.63. The molecule has 0 saturated carbocycles. The van der Waals surface area contributed by atoms with Gasteiger partial charge in [0, 0.05) is 6.20 Å². The van der Waals surface area contributed by atoms with Crippen LogP contribution in [-0.4, -0.2) is 11.6 Å². The van der Waals surface area contributed by atoms with Crippen LogP contribution in [0.1, 0.15) is 19.0 Å². The van der Waals surface area contributed by atoms with Gasteiger partial charge in [-0.1, -0.05) is 6.92 Å². The Morgan fingerprint density at radius 2 is 2.46 bits per heavy atom. The molecule has 0 atom stereocenters. The van der Waals surface area contributed by atoms with Gasteiger partial charge in [-0.3, -0.25) is 4.98 Å². The third kappa shape index (κ3) is 2.75. The van der Waals surface area contributed by atoms with Crippen molar-refractivity contribution < 1.29 is 4.74 Å². The van der Waals surface area contributed by atoms with Gasteiger partial charge in [-0.15, -0.1) is 0 Å². The Morgan fingerprint density at radius 3 is 3.15 bits per heavy atom. The standard InChI is InChI=1S/C10H12N2O/c1-2-8-13-10-4-3-7-12-9(10)5-6-11/h3-4,7H,2,5,8H2,1H3. The fourth-order valence-corrected chi connectivity index (χ4v) is 0.974. The summed E-state index contributed by atoms with van der Waals surface area (Å²) in [4.78, 5) is 4.07. The van der Waals surface area contributed by atoms with Crippen LogP contribution in [-0.2, 0) is 6.42 Å². The van der Waals surface area contributed by atoms with Gasteiger partial charge in [0.15, 0.2) is 0 Å². The number of nitriles is 1. The highest BCUT2D eigenvalue weighted by atomic mass is 16.5. The van der Waals surface area contributed by atoms with Gasteiger partial charge in [-0.2, -0.15) is 5.26 Å². The fraction of sp³-hybridized carbons (Fsp3) is 0.400. The van der Waals surface area contributed by atoms with E-state index in [-0.39, 0.29) is 0 Å². The maximum absolute atomic E-state index is 8.52. The van der Waals surface area contributed by atoms with Crippen molar-refractivity contribution in [1.29, 1.82) is 5.26 Å². The molecule has 1 aromatic heterocycles. The zero-order valence-corrected chi connectivity index (χ0v) is 7.66. The second kappa shape index (κ2) is 5.15. The van der Waals surface area contributed by atoms with E-state index in [4.69, 9.17) is 10.00 Å². The van der Waals surface area contributed by atoms with Crippen molar-refractivity contribution >= 4 is 0 Å². The first kappa shape index (κ1) is 9.53. The molecule has 0 bridgehead atoms. The van der Waals surface area contributed by atoms with Gasteiger partial charge in [0.1, 0.15) is 5.75 Å². The van der Waals surface area contributed by atoms with E-state index in [2.05, 4.69) is 11.1 Å². The zero-order valence-electron chi connectivity index (χ0n) is 7.66. The molecule has 0 radical (unpaired) electrons. The van der Waals surface area contributed by atoms with Gasteiger partial charge >= 0.3 is 0 Å². The minimum Gasteiger partial charge on any atom is -0.492 e. The Kier molecular flexibility index (Phi) is 3.77. The van der Waals surface area contributed by atoms with Crippen molar-refractivity contribution in [2.45, 2.75) is 19.8 Å².